The first-order valence-corrected chi connectivity index (χ1v) is 6.38. The average molecular weight is 284 g/mol. The van der Waals surface area contributed by atoms with Crippen LogP contribution in [0.2, 0.25) is 0 Å². The molecule has 0 unspecified atom stereocenters. The number of hydrogen-bond acceptors (Lipinski definition) is 3. The zero-order chi connectivity index (χ0) is 14.8. The lowest BCUT2D eigenvalue weighted by Gasteiger charge is -2.24. The summed E-state index contributed by atoms with van der Waals surface area (Å²) < 4.78 is 38.2. The molecule has 1 heterocycles. The van der Waals surface area contributed by atoms with E-state index in [1.54, 1.807) is 6.07 Å². The Morgan fingerprint density at radius 2 is 2.15 bits per heavy atom. The number of nitrogens with zero attached hydrogens (tertiary/aromatic N) is 2. The van der Waals surface area contributed by atoms with Gasteiger partial charge in [-0.3, -0.25) is 4.90 Å². The lowest BCUT2D eigenvalue weighted by molar-refractivity contribution is -0.137. The molecule has 6 heteroatoms. The highest BCUT2D eigenvalue weighted by Gasteiger charge is 2.34. The smallest absolute Gasteiger partial charge is 0.392 e. The van der Waals surface area contributed by atoms with Crippen LogP contribution >= 0.6 is 0 Å². The molecule has 1 aromatic rings. The molecule has 1 N–H and O–H groups in total. The molecule has 0 radical (unpaired) electrons. The molecule has 3 nitrogen and oxygen atoms in total. The third-order valence-corrected chi connectivity index (χ3v) is 3.49. The highest BCUT2D eigenvalue weighted by molar-refractivity contribution is 5.29. The molecular formula is C14H15F3N2O. The first kappa shape index (κ1) is 14.8. The fraction of sp³-hybridized carbons (Fsp3) is 0.500. The third-order valence-electron chi connectivity index (χ3n) is 3.49. The van der Waals surface area contributed by atoms with Gasteiger partial charge in [-0.05, 0) is 24.1 Å². The highest BCUT2D eigenvalue weighted by atomic mass is 19.4. The summed E-state index contributed by atoms with van der Waals surface area (Å²) in [5, 5.41) is 18.3. The van der Waals surface area contributed by atoms with Gasteiger partial charge in [-0.1, -0.05) is 12.1 Å². The second-order valence-corrected chi connectivity index (χ2v) is 4.93. The number of aliphatic hydroxyl groups excluding tert-OH is 1. The molecule has 1 aromatic carbocycles. The van der Waals surface area contributed by atoms with Crippen LogP contribution in [-0.2, 0) is 6.18 Å². The normalized spacial score (nSPS) is 23.8. The van der Waals surface area contributed by atoms with Crippen LogP contribution in [0.3, 0.4) is 0 Å². The summed E-state index contributed by atoms with van der Waals surface area (Å²) in [7, 11) is 0. The number of halogens is 3. The van der Waals surface area contributed by atoms with Crippen LogP contribution in [-0.4, -0.2) is 29.2 Å². The Labute approximate surface area is 115 Å². The lowest BCUT2D eigenvalue weighted by atomic mass is 10.0. The van der Waals surface area contributed by atoms with E-state index in [0.29, 0.717) is 31.5 Å². The van der Waals surface area contributed by atoms with Crippen molar-refractivity contribution >= 4 is 0 Å². The first-order chi connectivity index (χ1) is 9.41. The van der Waals surface area contributed by atoms with Crippen molar-refractivity contribution in [2.24, 2.45) is 0 Å². The van der Waals surface area contributed by atoms with Gasteiger partial charge in [0.1, 0.15) is 0 Å². The van der Waals surface area contributed by atoms with E-state index in [0.717, 1.165) is 12.1 Å². The van der Waals surface area contributed by atoms with Gasteiger partial charge >= 0.3 is 6.18 Å². The fourth-order valence-electron chi connectivity index (χ4n) is 2.59. The van der Waals surface area contributed by atoms with Gasteiger partial charge in [0.2, 0.25) is 0 Å². The molecule has 0 spiro atoms. The van der Waals surface area contributed by atoms with E-state index in [1.807, 2.05) is 11.0 Å². The average Bonchev–Trinajstić information content (AvgIpc) is 2.77. The van der Waals surface area contributed by atoms with Gasteiger partial charge in [-0.15, -0.1) is 0 Å². The number of aliphatic hydroxyl groups is 1. The van der Waals surface area contributed by atoms with E-state index in [-0.39, 0.29) is 6.04 Å². The van der Waals surface area contributed by atoms with Crippen LogP contribution in [0, 0.1) is 11.3 Å². The third kappa shape index (κ3) is 3.30. The largest absolute Gasteiger partial charge is 0.416 e. The minimum absolute atomic E-state index is 0.263. The van der Waals surface area contributed by atoms with Gasteiger partial charge < -0.3 is 5.11 Å². The maximum absolute atomic E-state index is 12.7. The molecular weight excluding hydrogens is 269 g/mol. The van der Waals surface area contributed by atoms with Crippen molar-refractivity contribution in [2.75, 3.05) is 13.1 Å². The lowest BCUT2D eigenvalue weighted by Crippen LogP contribution is -2.25. The van der Waals surface area contributed by atoms with Gasteiger partial charge in [0, 0.05) is 25.6 Å². The topological polar surface area (TPSA) is 47.3 Å². The molecule has 0 bridgehead atoms. The van der Waals surface area contributed by atoms with E-state index in [2.05, 4.69) is 0 Å². The fourth-order valence-corrected chi connectivity index (χ4v) is 2.59. The minimum Gasteiger partial charge on any atom is -0.392 e. The number of nitriles is 1. The van der Waals surface area contributed by atoms with Crippen molar-refractivity contribution in [3.8, 4) is 6.07 Å². The summed E-state index contributed by atoms with van der Waals surface area (Å²) in [6, 6.07) is 6.93. The molecule has 1 fully saturated rings. The standard InChI is InChI=1S/C14H15F3N2O/c15-14(16,17)11-4-1-3-10(7-11)13-8-12(20)9-19(13)6-2-5-18/h1,3-4,7,12-13,20H,2,6,8-9H2/t12-,13+/m0/s1. The van der Waals surface area contributed by atoms with Crippen molar-refractivity contribution < 1.29 is 18.3 Å². The maximum Gasteiger partial charge on any atom is 0.416 e. The molecule has 0 aliphatic carbocycles. The Bertz CT molecular complexity index is 510. The molecule has 0 saturated carbocycles. The van der Waals surface area contributed by atoms with Gasteiger partial charge in [-0.2, -0.15) is 18.4 Å². The van der Waals surface area contributed by atoms with Crippen molar-refractivity contribution in [1.82, 2.24) is 4.90 Å². The van der Waals surface area contributed by atoms with E-state index in [4.69, 9.17) is 5.26 Å². The predicted molar refractivity (Wildman–Crippen MR) is 66.6 cm³/mol. The predicted octanol–water partition coefficient (Wildman–Crippen LogP) is 2.73. The number of likely N-dealkylation sites (tertiary alicyclic amines) is 1. The Kier molecular flexibility index (Phi) is 4.31. The molecule has 2 rings (SSSR count). The summed E-state index contributed by atoms with van der Waals surface area (Å²) in [5.74, 6) is 0. The van der Waals surface area contributed by atoms with Crippen LogP contribution in [0.1, 0.15) is 30.0 Å². The van der Waals surface area contributed by atoms with Crippen LogP contribution in [0.15, 0.2) is 24.3 Å². The van der Waals surface area contributed by atoms with Gasteiger partial charge in [0.15, 0.2) is 0 Å². The molecule has 1 aliphatic heterocycles. The first-order valence-electron chi connectivity index (χ1n) is 6.38. The molecule has 0 aromatic heterocycles. The van der Waals surface area contributed by atoms with Gasteiger partial charge in [0.05, 0.1) is 17.7 Å². The molecule has 0 amide bonds. The van der Waals surface area contributed by atoms with Crippen molar-refractivity contribution in [2.45, 2.75) is 31.2 Å². The zero-order valence-corrected chi connectivity index (χ0v) is 10.8. The number of β-amino-alcohol motifs (C(OH)–C–C–N with tert-alkyl or cyclic N) is 1. The van der Waals surface area contributed by atoms with Crippen molar-refractivity contribution in [3.05, 3.63) is 35.4 Å². The number of benzene rings is 1. The van der Waals surface area contributed by atoms with Gasteiger partial charge in [-0.25, -0.2) is 0 Å². The number of alkyl halides is 3. The van der Waals surface area contributed by atoms with Crippen LogP contribution in [0.4, 0.5) is 13.2 Å². The molecule has 20 heavy (non-hydrogen) atoms. The summed E-state index contributed by atoms with van der Waals surface area (Å²) in [6.45, 7) is 0.844. The monoisotopic (exact) mass is 284 g/mol. The number of rotatable bonds is 3. The maximum atomic E-state index is 12.7. The van der Waals surface area contributed by atoms with Crippen LogP contribution in [0.5, 0.6) is 0 Å². The quantitative estimate of drug-likeness (QED) is 0.928. The summed E-state index contributed by atoms with van der Waals surface area (Å²) >= 11 is 0. The van der Waals surface area contributed by atoms with Crippen molar-refractivity contribution in [3.63, 3.8) is 0 Å². The Balaban J connectivity index is 2.23. The molecule has 1 saturated heterocycles. The summed E-state index contributed by atoms with van der Waals surface area (Å²) in [4.78, 5) is 1.86. The van der Waals surface area contributed by atoms with E-state index in [9.17, 15) is 18.3 Å². The van der Waals surface area contributed by atoms with Crippen LogP contribution in [0.25, 0.3) is 0 Å². The van der Waals surface area contributed by atoms with E-state index < -0.39 is 17.8 Å². The minimum atomic E-state index is -4.37. The van der Waals surface area contributed by atoms with Crippen LogP contribution < -0.4 is 0 Å². The zero-order valence-electron chi connectivity index (χ0n) is 10.8. The SMILES string of the molecule is N#CCCN1C[C@@H](O)C[C@@H]1c1cccc(C(F)(F)F)c1. The van der Waals surface area contributed by atoms with Crippen molar-refractivity contribution in [1.29, 1.82) is 5.26 Å². The number of hydrogen-bond donors (Lipinski definition) is 1. The van der Waals surface area contributed by atoms with Gasteiger partial charge in [0.25, 0.3) is 0 Å². The second-order valence-electron chi connectivity index (χ2n) is 4.93. The Hall–Kier alpha value is -1.58. The van der Waals surface area contributed by atoms with E-state index in [1.165, 1.54) is 6.07 Å². The van der Waals surface area contributed by atoms with E-state index >= 15 is 0 Å². The highest BCUT2D eigenvalue weighted by Crippen LogP contribution is 2.36. The second kappa shape index (κ2) is 5.81. The summed E-state index contributed by atoms with van der Waals surface area (Å²) in [5.41, 5.74) is -0.147. The molecule has 1 aliphatic rings. The Morgan fingerprint density at radius 3 is 2.80 bits per heavy atom. The molecule has 108 valence electrons. The Morgan fingerprint density at radius 1 is 1.40 bits per heavy atom. The molecule has 2 atom stereocenters. The summed E-state index contributed by atoms with van der Waals surface area (Å²) in [6.07, 6.45) is -4.24.